The second-order valence-electron chi connectivity index (χ2n) is 5.08. The molecule has 18 heavy (non-hydrogen) atoms. The number of aromatic amines is 1. The molecule has 3 nitrogen and oxygen atoms in total. The molecule has 1 unspecified atom stereocenters. The van der Waals surface area contributed by atoms with Crippen molar-refractivity contribution in [1.82, 2.24) is 14.5 Å². The number of nitrogens with zero attached hydrogens (tertiary/aromatic N) is 2. The summed E-state index contributed by atoms with van der Waals surface area (Å²) in [5, 5.41) is 0. The molecule has 0 saturated carbocycles. The number of aryl methyl sites for hydroxylation is 1. The zero-order valence-corrected chi connectivity index (χ0v) is 11.3. The Morgan fingerprint density at radius 3 is 3.17 bits per heavy atom. The van der Waals surface area contributed by atoms with Crippen molar-refractivity contribution < 1.29 is 0 Å². The van der Waals surface area contributed by atoms with Gasteiger partial charge >= 0.3 is 0 Å². The topological polar surface area (TPSA) is 33.6 Å². The average molecular weight is 259 g/mol. The predicted molar refractivity (Wildman–Crippen MR) is 76.1 cm³/mol. The van der Waals surface area contributed by atoms with Gasteiger partial charge in [-0.3, -0.25) is 0 Å². The van der Waals surface area contributed by atoms with Crippen LogP contribution in [0.25, 0.3) is 11.2 Å². The number of nitrogens with one attached hydrogen (secondary N) is 1. The summed E-state index contributed by atoms with van der Waals surface area (Å²) in [6.07, 6.45) is 10.0. The summed E-state index contributed by atoms with van der Waals surface area (Å²) in [6, 6.07) is 2.11. The molecule has 3 rings (SSSR count). The lowest BCUT2D eigenvalue weighted by molar-refractivity contribution is 0.412. The Morgan fingerprint density at radius 2 is 2.39 bits per heavy atom. The summed E-state index contributed by atoms with van der Waals surface area (Å²) in [5.74, 6) is 0.684. The molecule has 0 bridgehead atoms. The zero-order chi connectivity index (χ0) is 12.5. The molecule has 1 N–H and O–H groups in total. The summed E-state index contributed by atoms with van der Waals surface area (Å²) in [7, 11) is 0. The van der Waals surface area contributed by atoms with Crippen molar-refractivity contribution in [1.29, 1.82) is 0 Å². The van der Waals surface area contributed by atoms with Gasteiger partial charge in [0.1, 0.15) is 0 Å². The third-order valence-corrected chi connectivity index (χ3v) is 3.89. The van der Waals surface area contributed by atoms with Crippen LogP contribution in [-0.2, 0) is 6.54 Å². The molecular weight excluding hydrogens is 242 g/mol. The first-order valence-corrected chi connectivity index (χ1v) is 6.85. The van der Waals surface area contributed by atoms with E-state index in [2.05, 4.69) is 32.8 Å². The Bertz CT molecular complexity index is 651. The maximum absolute atomic E-state index is 5.41. The van der Waals surface area contributed by atoms with Gasteiger partial charge in [0.2, 0.25) is 0 Å². The summed E-state index contributed by atoms with van der Waals surface area (Å²) in [5.41, 5.74) is 3.19. The van der Waals surface area contributed by atoms with Crippen LogP contribution in [0.3, 0.4) is 0 Å². The van der Waals surface area contributed by atoms with E-state index in [1.165, 1.54) is 12.8 Å². The number of rotatable bonds is 2. The highest BCUT2D eigenvalue weighted by atomic mass is 32.1. The van der Waals surface area contributed by atoms with Gasteiger partial charge in [-0.2, -0.15) is 0 Å². The maximum Gasteiger partial charge on any atom is 0.179 e. The molecule has 0 aliphatic heterocycles. The van der Waals surface area contributed by atoms with Crippen molar-refractivity contribution in [3.8, 4) is 0 Å². The van der Waals surface area contributed by atoms with Crippen LogP contribution in [0.15, 0.2) is 24.4 Å². The van der Waals surface area contributed by atoms with Gasteiger partial charge in [-0.1, -0.05) is 12.2 Å². The predicted octanol–water partition coefficient (Wildman–Crippen LogP) is 3.76. The minimum Gasteiger partial charge on any atom is -0.329 e. The highest BCUT2D eigenvalue weighted by Gasteiger charge is 2.14. The number of aromatic nitrogens is 3. The lowest BCUT2D eigenvalue weighted by atomic mass is 9.94. The van der Waals surface area contributed by atoms with Crippen molar-refractivity contribution in [3.63, 3.8) is 0 Å². The number of allylic oxidation sites excluding steroid dienone is 2. The molecule has 0 aromatic carbocycles. The molecule has 0 fully saturated rings. The van der Waals surface area contributed by atoms with E-state index >= 15 is 0 Å². The van der Waals surface area contributed by atoms with E-state index in [4.69, 9.17) is 12.2 Å². The SMILES string of the molecule is Cc1cnc2c(c1)[nH]c(=S)n2CC1CC=CCC1. The third kappa shape index (κ3) is 2.12. The third-order valence-electron chi connectivity index (χ3n) is 3.56. The minimum absolute atomic E-state index is 0.684. The van der Waals surface area contributed by atoms with Gasteiger partial charge < -0.3 is 9.55 Å². The highest BCUT2D eigenvalue weighted by molar-refractivity contribution is 7.71. The Morgan fingerprint density at radius 1 is 1.50 bits per heavy atom. The second kappa shape index (κ2) is 4.69. The lowest BCUT2D eigenvalue weighted by Gasteiger charge is -2.18. The van der Waals surface area contributed by atoms with Gasteiger partial charge in [0.15, 0.2) is 10.4 Å². The second-order valence-corrected chi connectivity index (χ2v) is 5.46. The van der Waals surface area contributed by atoms with Crippen molar-refractivity contribution in [2.45, 2.75) is 32.7 Å². The molecule has 0 radical (unpaired) electrons. The van der Waals surface area contributed by atoms with Crippen LogP contribution >= 0.6 is 12.2 Å². The lowest BCUT2D eigenvalue weighted by Crippen LogP contribution is -2.12. The van der Waals surface area contributed by atoms with E-state index in [0.29, 0.717) is 5.92 Å². The van der Waals surface area contributed by atoms with Gasteiger partial charge in [0.25, 0.3) is 0 Å². The van der Waals surface area contributed by atoms with Gasteiger partial charge in [-0.05, 0) is 56.0 Å². The maximum atomic E-state index is 5.41. The van der Waals surface area contributed by atoms with Gasteiger partial charge in [-0.25, -0.2) is 4.98 Å². The van der Waals surface area contributed by atoms with Crippen LogP contribution in [0.5, 0.6) is 0 Å². The van der Waals surface area contributed by atoms with E-state index in [1.807, 2.05) is 13.1 Å². The number of pyridine rings is 1. The van der Waals surface area contributed by atoms with E-state index in [1.54, 1.807) is 0 Å². The average Bonchev–Trinajstić information content (AvgIpc) is 2.66. The van der Waals surface area contributed by atoms with Gasteiger partial charge in [0, 0.05) is 12.7 Å². The van der Waals surface area contributed by atoms with Crippen LogP contribution in [-0.4, -0.2) is 14.5 Å². The van der Waals surface area contributed by atoms with Crippen LogP contribution in [0.1, 0.15) is 24.8 Å². The molecular formula is C14H17N3S. The van der Waals surface area contributed by atoms with Crippen molar-refractivity contribution in [2.75, 3.05) is 0 Å². The van der Waals surface area contributed by atoms with E-state index in [9.17, 15) is 0 Å². The molecule has 4 heteroatoms. The molecule has 0 amide bonds. The number of fused-ring (bicyclic) bond motifs is 1. The van der Waals surface area contributed by atoms with Crippen molar-refractivity contribution >= 4 is 23.4 Å². The first-order chi connectivity index (χ1) is 8.74. The zero-order valence-electron chi connectivity index (χ0n) is 10.5. The Hall–Kier alpha value is -1.42. The van der Waals surface area contributed by atoms with E-state index in [-0.39, 0.29) is 0 Å². The van der Waals surface area contributed by atoms with Crippen molar-refractivity contribution in [2.24, 2.45) is 5.92 Å². The Labute approximate surface area is 112 Å². The fourth-order valence-corrected chi connectivity index (χ4v) is 2.87. The summed E-state index contributed by atoms with van der Waals surface area (Å²) in [4.78, 5) is 7.77. The van der Waals surface area contributed by atoms with E-state index in [0.717, 1.165) is 34.5 Å². The highest BCUT2D eigenvalue weighted by Crippen LogP contribution is 2.22. The normalized spacial score (nSPS) is 19.5. The number of hydrogen-bond donors (Lipinski definition) is 1. The standard InChI is InChI=1S/C14H17N3S/c1-10-7-12-13(15-8-10)17(14(18)16-12)9-11-5-3-2-4-6-11/h2-3,7-8,11H,4-6,9H2,1H3,(H,16,18). The smallest absolute Gasteiger partial charge is 0.179 e. The van der Waals surface area contributed by atoms with Crippen LogP contribution in [0.2, 0.25) is 0 Å². The fraction of sp³-hybridized carbons (Fsp3) is 0.429. The molecule has 2 heterocycles. The number of imidazole rings is 1. The molecule has 94 valence electrons. The number of H-pyrrole nitrogens is 1. The molecule has 0 spiro atoms. The van der Waals surface area contributed by atoms with Crippen LogP contribution < -0.4 is 0 Å². The van der Waals surface area contributed by atoms with Crippen LogP contribution in [0, 0.1) is 17.6 Å². The number of hydrogen-bond acceptors (Lipinski definition) is 2. The van der Waals surface area contributed by atoms with Gasteiger partial charge in [0.05, 0.1) is 5.52 Å². The van der Waals surface area contributed by atoms with E-state index < -0.39 is 0 Å². The Kier molecular flexibility index (Phi) is 3.04. The first kappa shape index (κ1) is 11.7. The first-order valence-electron chi connectivity index (χ1n) is 6.44. The van der Waals surface area contributed by atoms with Crippen LogP contribution in [0.4, 0.5) is 0 Å². The molecule has 1 aliphatic rings. The largest absolute Gasteiger partial charge is 0.329 e. The molecule has 0 saturated heterocycles. The molecule has 1 aliphatic carbocycles. The summed E-state index contributed by atoms with van der Waals surface area (Å²) >= 11 is 5.41. The summed E-state index contributed by atoms with van der Waals surface area (Å²) in [6.45, 7) is 3.02. The molecule has 1 atom stereocenters. The summed E-state index contributed by atoms with van der Waals surface area (Å²) < 4.78 is 2.94. The molecule has 2 aromatic rings. The molecule has 2 aromatic heterocycles. The monoisotopic (exact) mass is 259 g/mol. The van der Waals surface area contributed by atoms with Gasteiger partial charge in [-0.15, -0.1) is 0 Å². The minimum atomic E-state index is 0.684. The fourth-order valence-electron chi connectivity index (χ4n) is 2.60. The van der Waals surface area contributed by atoms with Crippen molar-refractivity contribution in [3.05, 3.63) is 34.7 Å². The quantitative estimate of drug-likeness (QED) is 0.658. The Balaban J connectivity index is 1.98.